The molecule has 0 unspecified atom stereocenters. The van der Waals surface area contributed by atoms with Gasteiger partial charge in [-0.3, -0.25) is 0 Å². The number of hydrogen-bond acceptors (Lipinski definition) is 1. The highest BCUT2D eigenvalue weighted by atomic mass is 35.5. The summed E-state index contributed by atoms with van der Waals surface area (Å²) >= 11 is 12.7. The molecular formula is C18H14Cl2N2. The Labute approximate surface area is 139 Å². The summed E-state index contributed by atoms with van der Waals surface area (Å²) in [7, 11) is 0. The summed E-state index contributed by atoms with van der Waals surface area (Å²) in [6, 6.07) is 17.7. The van der Waals surface area contributed by atoms with Crippen molar-refractivity contribution in [1.29, 1.82) is 0 Å². The summed E-state index contributed by atoms with van der Waals surface area (Å²) in [5, 5.41) is 1.44. The second-order valence-corrected chi connectivity index (χ2v) is 5.71. The molecule has 0 aliphatic carbocycles. The molecule has 0 radical (unpaired) electrons. The third kappa shape index (κ3) is 3.41. The van der Waals surface area contributed by atoms with Gasteiger partial charge in [0.15, 0.2) is 0 Å². The lowest BCUT2D eigenvalue weighted by Gasteiger charge is -2.13. The van der Waals surface area contributed by atoms with Crippen molar-refractivity contribution in [2.75, 3.05) is 0 Å². The number of halogens is 2. The fourth-order valence-electron chi connectivity index (χ4n) is 2.26. The molecule has 3 aromatic rings. The summed E-state index contributed by atoms with van der Waals surface area (Å²) in [5.74, 6) is 0. The van der Waals surface area contributed by atoms with Crippen molar-refractivity contribution >= 4 is 33.8 Å². The van der Waals surface area contributed by atoms with E-state index in [1.165, 1.54) is 0 Å². The van der Waals surface area contributed by atoms with E-state index in [2.05, 4.69) is 4.98 Å². The maximum Gasteiger partial charge on any atom is 0.0949 e. The minimum atomic E-state index is 0.648. The minimum absolute atomic E-state index is 0.648. The Balaban J connectivity index is 2.07. The number of benzene rings is 2. The normalized spacial score (nSPS) is 12.1. The first kappa shape index (κ1) is 14.9. The van der Waals surface area contributed by atoms with Gasteiger partial charge in [0.05, 0.1) is 17.9 Å². The van der Waals surface area contributed by atoms with Gasteiger partial charge in [-0.25, -0.2) is 4.98 Å². The average molecular weight is 329 g/mol. The van der Waals surface area contributed by atoms with Gasteiger partial charge in [0.25, 0.3) is 0 Å². The van der Waals surface area contributed by atoms with E-state index in [0.717, 1.165) is 21.7 Å². The largest absolute Gasteiger partial charge is 0.333 e. The van der Waals surface area contributed by atoms with Crippen LogP contribution in [0, 0.1) is 0 Å². The molecule has 0 N–H and O–H groups in total. The molecular weight excluding hydrogens is 315 g/mol. The van der Waals surface area contributed by atoms with Crippen LogP contribution in [-0.4, -0.2) is 9.55 Å². The van der Waals surface area contributed by atoms with E-state index in [-0.39, 0.29) is 0 Å². The fraction of sp³-hybridized carbons (Fsp3) is 0.0556. The van der Waals surface area contributed by atoms with Crippen molar-refractivity contribution in [3.8, 4) is 0 Å². The van der Waals surface area contributed by atoms with Crippen molar-refractivity contribution in [2.24, 2.45) is 0 Å². The van der Waals surface area contributed by atoms with Crippen LogP contribution in [0.2, 0.25) is 5.02 Å². The standard InChI is InChI=1S/C18H14Cl2N2/c19-16-8-6-14(7-9-16)17(12-22-11-10-21-13-22)18(20)15-4-2-1-3-5-15/h1-11,13H,12H2. The zero-order valence-electron chi connectivity index (χ0n) is 11.8. The Bertz CT molecular complexity index is 761. The predicted octanol–water partition coefficient (Wildman–Crippen LogP) is 5.34. The molecule has 2 aromatic carbocycles. The SMILES string of the molecule is ClC(=C(Cn1ccnc1)c1ccc(Cl)cc1)c1ccccc1. The van der Waals surface area contributed by atoms with Gasteiger partial charge < -0.3 is 4.57 Å². The van der Waals surface area contributed by atoms with Gasteiger partial charge in [-0.1, -0.05) is 65.7 Å². The topological polar surface area (TPSA) is 17.8 Å². The van der Waals surface area contributed by atoms with E-state index in [4.69, 9.17) is 23.2 Å². The molecule has 22 heavy (non-hydrogen) atoms. The summed E-state index contributed by atoms with van der Waals surface area (Å²) in [6.45, 7) is 0.648. The molecule has 0 aliphatic heterocycles. The lowest BCUT2D eigenvalue weighted by Crippen LogP contribution is -2.00. The van der Waals surface area contributed by atoms with Gasteiger partial charge in [0, 0.05) is 17.4 Å². The number of rotatable bonds is 4. The van der Waals surface area contributed by atoms with E-state index >= 15 is 0 Å². The van der Waals surface area contributed by atoms with Crippen LogP contribution in [0.5, 0.6) is 0 Å². The first-order valence-corrected chi connectivity index (χ1v) is 7.65. The Kier molecular flexibility index (Phi) is 4.62. The molecule has 0 fully saturated rings. The van der Waals surface area contributed by atoms with Gasteiger partial charge in [-0.2, -0.15) is 0 Å². The Morgan fingerprint density at radius 3 is 2.32 bits per heavy atom. The second kappa shape index (κ2) is 6.82. The highest BCUT2D eigenvalue weighted by molar-refractivity contribution is 6.52. The van der Waals surface area contributed by atoms with Crippen molar-refractivity contribution in [1.82, 2.24) is 9.55 Å². The third-order valence-electron chi connectivity index (χ3n) is 3.38. The maximum atomic E-state index is 6.68. The summed E-state index contributed by atoms with van der Waals surface area (Å²) in [4.78, 5) is 4.09. The van der Waals surface area contributed by atoms with Crippen molar-refractivity contribution in [3.05, 3.63) is 89.5 Å². The molecule has 0 saturated heterocycles. The Morgan fingerprint density at radius 1 is 0.955 bits per heavy atom. The molecule has 0 amide bonds. The molecule has 0 bridgehead atoms. The van der Waals surface area contributed by atoms with Crippen molar-refractivity contribution < 1.29 is 0 Å². The highest BCUT2D eigenvalue weighted by Crippen LogP contribution is 2.31. The highest BCUT2D eigenvalue weighted by Gasteiger charge is 2.10. The molecule has 2 nitrogen and oxygen atoms in total. The van der Waals surface area contributed by atoms with Crippen LogP contribution < -0.4 is 0 Å². The predicted molar refractivity (Wildman–Crippen MR) is 92.8 cm³/mol. The molecule has 3 rings (SSSR count). The molecule has 1 heterocycles. The number of aromatic nitrogens is 2. The molecule has 1 aromatic heterocycles. The molecule has 110 valence electrons. The van der Waals surface area contributed by atoms with E-state index in [1.54, 1.807) is 12.5 Å². The van der Waals surface area contributed by atoms with Crippen molar-refractivity contribution in [3.63, 3.8) is 0 Å². The van der Waals surface area contributed by atoms with Gasteiger partial charge in [-0.15, -0.1) is 0 Å². The van der Waals surface area contributed by atoms with Crippen LogP contribution in [0.1, 0.15) is 11.1 Å². The lowest BCUT2D eigenvalue weighted by atomic mass is 10.0. The van der Waals surface area contributed by atoms with E-state index in [1.807, 2.05) is 65.4 Å². The molecule has 4 heteroatoms. The Morgan fingerprint density at radius 2 is 1.68 bits per heavy atom. The quantitative estimate of drug-likeness (QED) is 0.591. The minimum Gasteiger partial charge on any atom is -0.333 e. The van der Waals surface area contributed by atoms with E-state index < -0.39 is 0 Å². The van der Waals surface area contributed by atoms with Gasteiger partial charge in [0.2, 0.25) is 0 Å². The summed E-state index contributed by atoms with van der Waals surface area (Å²) in [6.07, 6.45) is 5.46. The van der Waals surface area contributed by atoms with Gasteiger partial charge >= 0.3 is 0 Å². The fourth-order valence-corrected chi connectivity index (χ4v) is 2.68. The summed E-state index contributed by atoms with van der Waals surface area (Å²) in [5.41, 5.74) is 3.07. The lowest BCUT2D eigenvalue weighted by molar-refractivity contribution is 0.835. The van der Waals surface area contributed by atoms with Gasteiger partial charge in [0.1, 0.15) is 0 Å². The Hall–Kier alpha value is -2.03. The number of nitrogens with zero attached hydrogens (tertiary/aromatic N) is 2. The van der Waals surface area contributed by atoms with Crippen LogP contribution in [0.3, 0.4) is 0 Å². The smallest absolute Gasteiger partial charge is 0.0949 e. The van der Waals surface area contributed by atoms with Crippen LogP contribution in [0.25, 0.3) is 10.6 Å². The van der Waals surface area contributed by atoms with Crippen molar-refractivity contribution in [2.45, 2.75) is 6.54 Å². The maximum absolute atomic E-state index is 6.68. The number of allylic oxidation sites excluding steroid dienone is 1. The number of imidazole rings is 1. The monoisotopic (exact) mass is 328 g/mol. The first-order chi connectivity index (χ1) is 10.7. The molecule has 0 saturated carbocycles. The molecule has 0 atom stereocenters. The molecule has 0 aliphatic rings. The van der Waals surface area contributed by atoms with Crippen LogP contribution in [-0.2, 0) is 6.54 Å². The number of hydrogen-bond donors (Lipinski definition) is 0. The van der Waals surface area contributed by atoms with Crippen LogP contribution in [0.15, 0.2) is 73.3 Å². The zero-order valence-corrected chi connectivity index (χ0v) is 13.3. The first-order valence-electron chi connectivity index (χ1n) is 6.90. The van der Waals surface area contributed by atoms with Crippen LogP contribution in [0.4, 0.5) is 0 Å². The van der Waals surface area contributed by atoms with E-state index in [0.29, 0.717) is 11.6 Å². The zero-order chi connectivity index (χ0) is 15.4. The van der Waals surface area contributed by atoms with Gasteiger partial charge in [-0.05, 0) is 28.8 Å². The van der Waals surface area contributed by atoms with E-state index in [9.17, 15) is 0 Å². The second-order valence-electron chi connectivity index (χ2n) is 4.90. The van der Waals surface area contributed by atoms with Crippen LogP contribution >= 0.6 is 23.2 Å². The summed E-state index contributed by atoms with van der Waals surface area (Å²) < 4.78 is 2.00. The average Bonchev–Trinajstić information content (AvgIpc) is 3.07. The molecule has 0 spiro atoms. The third-order valence-corrected chi connectivity index (χ3v) is 4.08.